The van der Waals surface area contributed by atoms with Crippen LogP contribution in [0.2, 0.25) is 0 Å². The number of nitrogens with zero attached hydrogens (tertiary/aromatic N) is 3. The van der Waals surface area contributed by atoms with E-state index < -0.39 is 23.3 Å². The summed E-state index contributed by atoms with van der Waals surface area (Å²) in [5.74, 6) is -0.834. The van der Waals surface area contributed by atoms with E-state index in [0.717, 1.165) is 24.3 Å². The molecular weight excluding hydrogens is 574 g/mol. The van der Waals surface area contributed by atoms with Crippen LogP contribution in [0.1, 0.15) is 38.5 Å². The van der Waals surface area contributed by atoms with E-state index in [-0.39, 0.29) is 23.3 Å². The summed E-state index contributed by atoms with van der Waals surface area (Å²) in [4.78, 5) is 61.2. The number of allylic oxidation sites excluding steroid dienone is 1. The van der Waals surface area contributed by atoms with Gasteiger partial charge in [-0.1, -0.05) is 37.5 Å². The first-order valence-electron chi connectivity index (χ1n) is 14.2. The number of carbonyl (C=O) groups excluding carboxylic acids is 3. The summed E-state index contributed by atoms with van der Waals surface area (Å²) in [5.41, 5.74) is 1.01. The van der Waals surface area contributed by atoms with E-state index in [4.69, 9.17) is 0 Å². The highest BCUT2D eigenvalue weighted by atomic mass is 32.2. The van der Waals surface area contributed by atoms with Gasteiger partial charge in [0.05, 0.1) is 12.1 Å². The van der Waals surface area contributed by atoms with Gasteiger partial charge in [0.15, 0.2) is 0 Å². The van der Waals surface area contributed by atoms with Gasteiger partial charge in [-0.3, -0.25) is 19.3 Å². The number of hydrogen-bond acceptors (Lipinski definition) is 7. The van der Waals surface area contributed by atoms with E-state index in [1.807, 2.05) is 35.2 Å². The molecule has 3 fully saturated rings. The Hall–Kier alpha value is -3.51. The Balaban J connectivity index is 0.000000639. The normalized spacial score (nSPS) is 23.3. The summed E-state index contributed by atoms with van der Waals surface area (Å²) in [7, 11) is 0. The van der Waals surface area contributed by atoms with Crippen LogP contribution < -0.4 is 5.32 Å². The van der Waals surface area contributed by atoms with Crippen molar-refractivity contribution in [3.05, 3.63) is 72.0 Å². The first kappa shape index (κ1) is 30.0. The molecule has 222 valence electrons. The Morgan fingerprint density at radius 3 is 2.62 bits per heavy atom. The highest BCUT2D eigenvalue weighted by Crippen LogP contribution is 2.41. The lowest BCUT2D eigenvalue weighted by molar-refractivity contribution is -0.150. The van der Waals surface area contributed by atoms with Gasteiger partial charge in [-0.2, -0.15) is 0 Å². The molecule has 4 aliphatic rings. The molecular formula is C30H35N5O5S2. The molecule has 2 aromatic rings. The van der Waals surface area contributed by atoms with Gasteiger partial charge in [0.2, 0.25) is 11.8 Å². The Kier molecular flexibility index (Phi) is 10.1. The van der Waals surface area contributed by atoms with Gasteiger partial charge < -0.3 is 20.3 Å². The summed E-state index contributed by atoms with van der Waals surface area (Å²) in [5, 5.41) is 12.3. The lowest BCUT2D eigenvalue weighted by Crippen LogP contribution is -2.70. The molecule has 3 N–H and O–H groups in total. The number of aromatic amines is 1. The number of rotatable bonds is 8. The number of fused-ring (bicyclic) bond motifs is 1. The molecule has 4 heterocycles. The average molecular weight is 610 g/mol. The molecule has 3 aliphatic heterocycles. The van der Waals surface area contributed by atoms with Crippen molar-refractivity contribution in [3.63, 3.8) is 0 Å². The number of imidazole rings is 1. The van der Waals surface area contributed by atoms with Crippen LogP contribution in [0.15, 0.2) is 76.9 Å². The quantitative estimate of drug-likeness (QED) is 0.234. The molecule has 2 atom stereocenters. The van der Waals surface area contributed by atoms with Crippen LogP contribution in [-0.2, 0) is 19.2 Å². The van der Waals surface area contributed by atoms with Gasteiger partial charge in [-0.05, 0) is 49.0 Å². The molecule has 10 nitrogen and oxygen atoms in total. The van der Waals surface area contributed by atoms with Gasteiger partial charge in [-0.15, -0.1) is 23.5 Å². The molecule has 1 aliphatic carbocycles. The number of nitrogens with one attached hydrogen (secondary N) is 2. The molecule has 12 heteroatoms. The molecule has 2 saturated heterocycles. The predicted octanol–water partition coefficient (Wildman–Crippen LogP) is 3.67. The Bertz CT molecular complexity index is 1320. The fraction of sp³-hybridized carbons (Fsp3) is 0.433. The van der Waals surface area contributed by atoms with Crippen molar-refractivity contribution in [1.82, 2.24) is 25.1 Å². The number of β-lactam (4-membered cyclic amide) rings is 1. The fourth-order valence-corrected chi connectivity index (χ4v) is 7.75. The maximum absolute atomic E-state index is 13.0. The molecule has 0 unspecified atom stereocenters. The van der Waals surface area contributed by atoms with Crippen LogP contribution in [0, 0.1) is 5.92 Å². The van der Waals surface area contributed by atoms with E-state index >= 15 is 0 Å². The zero-order valence-corrected chi connectivity index (χ0v) is 24.9. The standard InChI is InChI=1S/C27H31N3O5S2.C3H4N2/c31-21(16-36-20-9-5-2-6-10-20)28-22-25(33)30-23(27(34)35)19(15-37-26(22)30)13-18-11-12-29(24(18)32)14-17-7-3-1-4-8-17;1-2-5-3-4-1/h2,5-6,9-10,13,17,22,26H,1,3-4,7-8,11-12,14-16H2,(H,28,31)(H,34,35);1-3H,(H,4,5)/b18-13+;/t22-,26-;/m1./s1. The number of carboxylic acids is 1. The van der Waals surface area contributed by atoms with E-state index in [0.29, 0.717) is 35.8 Å². The van der Waals surface area contributed by atoms with E-state index in [2.05, 4.69) is 15.3 Å². The van der Waals surface area contributed by atoms with E-state index in [1.165, 1.54) is 47.7 Å². The highest BCUT2D eigenvalue weighted by molar-refractivity contribution is 8.00. The monoisotopic (exact) mass is 609 g/mol. The molecule has 0 radical (unpaired) electrons. The number of amides is 3. The molecule has 0 spiro atoms. The number of carbonyl (C=O) groups is 4. The largest absolute Gasteiger partial charge is 0.477 e. The minimum absolute atomic E-state index is 0.0223. The molecule has 6 rings (SSSR count). The first-order chi connectivity index (χ1) is 20.4. The van der Waals surface area contributed by atoms with Crippen LogP contribution in [0.3, 0.4) is 0 Å². The Morgan fingerprint density at radius 2 is 1.95 bits per heavy atom. The number of hydrogen-bond donors (Lipinski definition) is 3. The van der Waals surface area contributed by atoms with Crippen LogP contribution in [0.5, 0.6) is 0 Å². The molecule has 3 amide bonds. The third kappa shape index (κ3) is 7.09. The number of likely N-dealkylation sites (tertiary alicyclic amines) is 1. The minimum Gasteiger partial charge on any atom is -0.477 e. The number of H-pyrrole nitrogens is 1. The summed E-state index contributed by atoms with van der Waals surface area (Å²) in [6, 6.07) is 8.76. The van der Waals surface area contributed by atoms with Gasteiger partial charge in [0, 0.05) is 41.7 Å². The zero-order valence-electron chi connectivity index (χ0n) is 23.2. The van der Waals surface area contributed by atoms with E-state index in [1.54, 1.807) is 24.8 Å². The molecule has 0 bridgehead atoms. The zero-order chi connectivity index (χ0) is 29.5. The van der Waals surface area contributed by atoms with Crippen molar-refractivity contribution in [2.75, 3.05) is 24.6 Å². The Labute approximate surface area is 253 Å². The number of aliphatic carboxylic acids is 1. The van der Waals surface area contributed by atoms with Gasteiger partial charge in [0.25, 0.3) is 5.91 Å². The summed E-state index contributed by atoms with van der Waals surface area (Å²) < 4.78 is 0. The number of thioether (sulfide) groups is 2. The maximum atomic E-state index is 13.0. The van der Waals surface area contributed by atoms with Gasteiger partial charge in [-0.25, -0.2) is 9.78 Å². The van der Waals surface area contributed by atoms with Crippen molar-refractivity contribution in [2.45, 2.75) is 54.8 Å². The average Bonchev–Trinajstić information content (AvgIpc) is 3.70. The first-order valence-corrected chi connectivity index (χ1v) is 16.3. The maximum Gasteiger partial charge on any atom is 0.352 e. The SMILES string of the molecule is O=C(CSc1ccccc1)N[C@@H]1C(=O)N2C(C(=O)O)=C(/C=C3\CCN(CC4CCCCC4)C3=O)CS[C@H]12.c1c[nH]cn1. The second-order valence-corrected chi connectivity index (χ2v) is 12.8. The van der Waals surface area contributed by atoms with Crippen molar-refractivity contribution in [1.29, 1.82) is 0 Å². The summed E-state index contributed by atoms with van der Waals surface area (Å²) >= 11 is 2.80. The second-order valence-electron chi connectivity index (χ2n) is 10.7. The third-order valence-electron chi connectivity index (χ3n) is 7.80. The molecule has 1 aromatic carbocycles. The number of benzene rings is 1. The topological polar surface area (TPSA) is 136 Å². The lowest BCUT2D eigenvalue weighted by Gasteiger charge is -2.49. The van der Waals surface area contributed by atoms with Crippen LogP contribution in [0.4, 0.5) is 0 Å². The molecule has 1 saturated carbocycles. The van der Waals surface area contributed by atoms with Crippen LogP contribution >= 0.6 is 23.5 Å². The van der Waals surface area contributed by atoms with Gasteiger partial charge >= 0.3 is 5.97 Å². The fourth-order valence-electron chi connectivity index (χ4n) is 5.72. The summed E-state index contributed by atoms with van der Waals surface area (Å²) in [6.45, 7) is 1.43. The molecule has 1 aromatic heterocycles. The lowest BCUT2D eigenvalue weighted by atomic mass is 9.89. The number of carboxylic acid groups (broad SMARTS) is 1. The highest BCUT2D eigenvalue weighted by Gasteiger charge is 2.54. The summed E-state index contributed by atoms with van der Waals surface area (Å²) in [6.07, 6.45) is 13.4. The number of aromatic nitrogens is 2. The predicted molar refractivity (Wildman–Crippen MR) is 161 cm³/mol. The Morgan fingerprint density at radius 1 is 1.17 bits per heavy atom. The molecule has 42 heavy (non-hydrogen) atoms. The van der Waals surface area contributed by atoms with Crippen molar-refractivity contribution in [3.8, 4) is 0 Å². The van der Waals surface area contributed by atoms with Crippen molar-refractivity contribution >= 4 is 47.2 Å². The third-order valence-corrected chi connectivity index (χ3v) is 10.1. The van der Waals surface area contributed by atoms with E-state index in [9.17, 15) is 24.3 Å². The second kappa shape index (κ2) is 14.1. The van der Waals surface area contributed by atoms with Crippen molar-refractivity contribution in [2.24, 2.45) is 5.92 Å². The van der Waals surface area contributed by atoms with Crippen LogP contribution in [-0.4, -0.2) is 84.6 Å². The minimum atomic E-state index is -1.19. The van der Waals surface area contributed by atoms with Crippen molar-refractivity contribution < 1.29 is 24.3 Å². The smallest absolute Gasteiger partial charge is 0.352 e. The van der Waals surface area contributed by atoms with Crippen LogP contribution in [0.25, 0.3) is 0 Å². The van der Waals surface area contributed by atoms with Gasteiger partial charge in [0.1, 0.15) is 17.1 Å².